The van der Waals surface area contributed by atoms with E-state index in [4.69, 9.17) is 0 Å². The monoisotopic (exact) mass is 241 g/mol. The van der Waals surface area contributed by atoms with E-state index in [0.29, 0.717) is 0 Å². The molecule has 3 nitrogen and oxygen atoms in total. The summed E-state index contributed by atoms with van der Waals surface area (Å²) in [6, 6.07) is 0.775. The molecular weight excluding hydrogens is 210 g/mol. The van der Waals surface area contributed by atoms with Gasteiger partial charge in [0.25, 0.3) is 0 Å². The van der Waals surface area contributed by atoms with E-state index in [1.54, 1.807) is 0 Å². The van der Waals surface area contributed by atoms with Gasteiger partial charge in [0, 0.05) is 25.7 Å². The summed E-state index contributed by atoms with van der Waals surface area (Å²) < 4.78 is 0. The SMILES string of the molecule is CCCNC1CCCC1CN(C)CCN(C)C. The number of nitrogens with one attached hydrogen (secondary N) is 1. The first-order chi connectivity index (χ1) is 8.13. The molecule has 0 aromatic rings. The minimum atomic E-state index is 0.775. The molecule has 0 saturated heterocycles. The summed E-state index contributed by atoms with van der Waals surface area (Å²) in [5.74, 6) is 0.869. The first kappa shape index (κ1) is 14.9. The van der Waals surface area contributed by atoms with E-state index in [9.17, 15) is 0 Å². The predicted octanol–water partition coefficient (Wildman–Crippen LogP) is 1.65. The molecule has 3 heteroatoms. The van der Waals surface area contributed by atoms with Crippen LogP contribution >= 0.6 is 0 Å². The van der Waals surface area contributed by atoms with E-state index >= 15 is 0 Å². The minimum Gasteiger partial charge on any atom is -0.314 e. The molecule has 1 N–H and O–H groups in total. The van der Waals surface area contributed by atoms with Crippen molar-refractivity contribution in [2.75, 3.05) is 47.3 Å². The highest BCUT2D eigenvalue weighted by molar-refractivity contribution is 4.84. The number of hydrogen-bond donors (Lipinski definition) is 1. The van der Waals surface area contributed by atoms with Crippen LogP contribution in [0.1, 0.15) is 32.6 Å². The molecule has 0 spiro atoms. The summed E-state index contributed by atoms with van der Waals surface area (Å²) in [6.07, 6.45) is 5.45. The quantitative estimate of drug-likeness (QED) is 0.697. The first-order valence-corrected chi connectivity index (χ1v) is 7.20. The van der Waals surface area contributed by atoms with E-state index in [1.807, 2.05) is 0 Å². The third kappa shape index (κ3) is 5.84. The fraction of sp³-hybridized carbons (Fsp3) is 1.00. The van der Waals surface area contributed by atoms with Crippen molar-refractivity contribution < 1.29 is 0 Å². The molecule has 0 aromatic heterocycles. The second kappa shape index (κ2) is 8.06. The van der Waals surface area contributed by atoms with Crippen LogP contribution in [0.15, 0.2) is 0 Å². The molecule has 0 aliphatic heterocycles. The first-order valence-electron chi connectivity index (χ1n) is 7.20. The maximum Gasteiger partial charge on any atom is 0.0107 e. The van der Waals surface area contributed by atoms with Gasteiger partial charge in [0.05, 0.1) is 0 Å². The van der Waals surface area contributed by atoms with Crippen molar-refractivity contribution in [1.82, 2.24) is 15.1 Å². The molecule has 102 valence electrons. The molecule has 0 heterocycles. The van der Waals surface area contributed by atoms with Crippen molar-refractivity contribution in [2.24, 2.45) is 5.92 Å². The second-order valence-electron chi connectivity index (χ2n) is 5.82. The number of nitrogens with zero attached hydrogens (tertiary/aromatic N) is 2. The van der Waals surface area contributed by atoms with E-state index in [2.05, 4.69) is 43.2 Å². The molecule has 17 heavy (non-hydrogen) atoms. The smallest absolute Gasteiger partial charge is 0.0107 e. The van der Waals surface area contributed by atoms with Gasteiger partial charge in [-0.1, -0.05) is 13.3 Å². The summed E-state index contributed by atoms with van der Waals surface area (Å²) in [4.78, 5) is 4.76. The van der Waals surface area contributed by atoms with Crippen LogP contribution in [-0.2, 0) is 0 Å². The molecule has 2 unspecified atom stereocenters. The lowest BCUT2D eigenvalue weighted by molar-refractivity contribution is 0.229. The van der Waals surface area contributed by atoms with E-state index < -0.39 is 0 Å². The molecular formula is C14H31N3. The third-order valence-electron chi connectivity index (χ3n) is 3.79. The second-order valence-corrected chi connectivity index (χ2v) is 5.82. The molecule has 0 bridgehead atoms. The van der Waals surface area contributed by atoms with Crippen molar-refractivity contribution in [3.05, 3.63) is 0 Å². The zero-order valence-corrected chi connectivity index (χ0v) is 12.2. The van der Waals surface area contributed by atoms with Crippen LogP contribution in [0.25, 0.3) is 0 Å². The van der Waals surface area contributed by atoms with Crippen molar-refractivity contribution >= 4 is 0 Å². The van der Waals surface area contributed by atoms with Crippen LogP contribution in [0.5, 0.6) is 0 Å². The Balaban J connectivity index is 2.23. The van der Waals surface area contributed by atoms with Crippen LogP contribution in [0.2, 0.25) is 0 Å². The average molecular weight is 241 g/mol. The number of hydrogen-bond acceptors (Lipinski definition) is 3. The Morgan fingerprint density at radius 2 is 1.88 bits per heavy atom. The van der Waals surface area contributed by atoms with Gasteiger partial charge < -0.3 is 15.1 Å². The fourth-order valence-electron chi connectivity index (χ4n) is 2.72. The van der Waals surface area contributed by atoms with Crippen LogP contribution in [0.3, 0.4) is 0 Å². The van der Waals surface area contributed by atoms with Gasteiger partial charge in [-0.25, -0.2) is 0 Å². The van der Waals surface area contributed by atoms with Crippen LogP contribution in [0.4, 0.5) is 0 Å². The highest BCUT2D eigenvalue weighted by Gasteiger charge is 2.27. The standard InChI is InChI=1S/C14H31N3/c1-5-9-15-14-8-6-7-13(14)12-17(4)11-10-16(2)3/h13-15H,5-12H2,1-4H3. The summed E-state index contributed by atoms with van der Waals surface area (Å²) in [6.45, 7) is 7.04. The molecule has 1 rings (SSSR count). The lowest BCUT2D eigenvalue weighted by Gasteiger charge is -2.27. The molecule has 1 saturated carbocycles. The summed E-state index contributed by atoms with van der Waals surface area (Å²) in [5.41, 5.74) is 0. The van der Waals surface area contributed by atoms with Gasteiger partial charge in [-0.05, 0) is 52.9 Å². The van der Waals surface area contributed by atoms with Crippen LogP contribution in [0, 0.1) is 5.92 Å². The van der Waals surface area contributed by atoms with Crippen molar-refractivity contribution in [3.63, 3.8) is 0 Å². The lowest BCUT2D eigenvalue weighted by Crippen LogP contribution is -2.40. The maximum absolute atomic E-state index is 3.71. The van der Waals surface area contributed by atoms with Crippen molar-refractivity contribution in [1.29, 1.82) is 0 Å². The Bertz CT molecular complexity index is 194. The zero-order chi connectivity index (χ0) is 12.7. The van der Waals surface area contributed by atoms with E-state index in [-0.39, 0.29) is 0 Å². The Kier molecular flexibility index (Phi) is 7.09. The maximum atomic E-state index is 3.71. The molecule has 0 amide bonds. The Labute approximate surface area is 108 Å². The Morgan fingerprint density at radius 3 is 2.53 bits per heavy atom. The molecule has 1 fully saturated rings. The average Bonchev–Trinajstić information content (AvgIpc) is 2.71. The molecule has 2 atom stereocenters. The normalized spacial score (nSPS) is 25.1. The minimum absolute atomic E-state index is 0.775. The Morgan fingerprint density at radius 1 is 1.12 bits per heavy atom. The van der Waals surface area contributed by atoms with Gasteiger partial charge in [0.15, 0.2) is 0 Å². The highest BCUT2D eigenvalue weighted by atomic mass is 15.2. The summed E-state index contributed by atoms with van der Waals surface area (Å²) >= 11 is 0. The van der Waals surface area contributed by atoms with Gasteiger partial charge in [0.2, 0.25) is 0 Å². The van der Waals surface area contributed by atoms with Gasteiger partial charge in [-0.3, -0.25) is 0 Å². The molecule has 0 radical (unpaired) electrons. The van der Waals surface area contributed by atoms with E-state index in [1.165, 1.54) is 45.3 Å². The van der Waals surface area contributed by atoms with Gasteiger partial charge in [-0.2, -0.15) is 0 Å². The predicted molar refractivity (Wildman–Crippen MR) is 75.5 cm³/mol. The fourth-order valence-corrected chi connectivity index (χ4v) is 2.72. The number of rotatable bonds is 8. The van der Waals surface area contributed by atoms with Gasteiger partial charge in [0.1, 0.15) is 0 Å². The third-order valence-corrected chi connectivity index (χ3v) is 3.79. The topological polar surface area (TPSA) is 18.5 Å². The zero-order valence-electron chi connectivity index (χ0n) is 12.2. The number of likely N-dealkylation sites (N-methyl/N-ethyl adjacent to an activating group) is 2. The van der Waals surface area contributed by atoms with Crippen LogP contribution < -0.4 is 5.32 Å². The van der Waals surface area contributed by atoms with Gasteiger partial charge >= 0.3 is 0 Å². The van der Waals surface area contributed by atoms with Gasteiger partial charge in [-0.15, -0.1) is 0 Å². The van der Waals surface area contributed by atoms with Crippen molar-refractivity contribution in [3.8, 4) is 0 Å². The molecule has 1 aliphatic rings. The largest absolute Gasteiger partial charge is 0.314 e. The molecule has 0 aromatic carbocycles. The molecule has 1 aliphatic carbocycles. The van der Waals surface area contributed by atoms with Crippen LogP contribution in [-0.4, -0.2) is 63.2 Å². The van der Waals surface area contributed by atoms with E-state index in [0.717, 1.165) is 18.5 Å². The summed E-state index contributed by atoms with van der Waals surface area (Å²) in [7, 11) is 6.56. The summed E-state index contributed by atoms with van der Waals surface area (Å²) in [5, 5.41) is 3.71. The van der Waals surface area contributed by atoms with Crippen molar-refractivity contribution in [2.45, 2.75) is 38.6 Å². The lowest BCUT2D eigenvalue weighted by atomic mass is 10.0. The highest BCUT2D eigenvalue weighted by Crippen LogP contribution is 2.26. The Hall–Kier alpha value is -0.120.